The Kier molecular flexibility index (Phi) is 8.65. The predicted octanol–water partition coefficient (Wildman–Crippen LogP) is 7.73. The molecule has 0 spiro atoms. The second-order valence-corrected chi connectivity index (χ2v) is 10.4. The molecule has 178 valence electrons. The summed E-state index contributed by atoms with van der Waals surface area (Å²) in [6.07, 6.45) is 5.25. The first-order valence-corrected chi connectivity index (χ1v) is 11.4. The van der Waals surface area contributed by atoms with E-state index in [9.17, 15) is 9.18 Å². The largest absolute Gasteiger partial charge is 0.493 e. The van der Waals surface area contributed by atoms with Crippen LogP contribution >= 0.6 is 0 Å². The Morgan fingerprint density at radius 1 is 1.03 bits per heavy atom. The van der Waals surface area contributed by atoms with Gasteiger partial charge in [-0.15, -0.1) is 0 Å². The lowest BCUT2D eigenvalue weighted by Gasteiger charge is -2.30. The highest BCUT2D eigenvalue weighted by atomic mass is 19.1. The van der Waals surface area contributed by atoms with Gasteiger partial charge >= 0.3 is 5.97 Å². The summed E-state index contributed by atoms with van der Waals surface area (Å²) >= 11 is 0. The number of hydrogen-bond acceptors (Lipinski definition) is 2. The van der Waals surface area contributed by atoms with E-state index in [1.165, 1.54) is 11.6 Å². The summed E-state index contributed by atoms with van der Waals surface area (Å²) in [6.45, 7) is 14.7. The van der Waals surface area contributed by atoms with E-state index in [4.69, 9.17) is 9.84 Å². The van der Waals surface area contributed by atoms with Crippen molar-refractivity contribution in [3.63, 3.8) is 0 Å². The molecule has 0 heterocycles. The minimum absolute atomic E-state index is 0.0716. The van der Waals surface area contributed by atoms with Crippen molar-refractivity contribution in [2.75, 3.05) is 13.3 Å². The van der Waals surface area contributed by atoms with Gasteiger partial charge in [0.05, 0.1) is 13.3 Å². The normalized spacial score (nSPS) is 12.9. The van der Waals surface area contributed by atoms with E-state index in [2.05, 4.69) is 53.7 Å². The van der Waals surface area contributed by atoms with Crippen LogP contribution in [0.4, 0.5) is 4.39 Å². The Labute approximate surface area is 198 Å². The van der Waals surface area contributed by atoms with Crippen molar-refractivity contribution in [3.05, 3.63) is 70.8 Å². The van der Waals surface area contributed by atoms with Crippen LogP contribution in [0, 0.1) is 0 Å². The fourth-order valence-electron chi connectivity index (χ4n) is 3.56. The fraction of sp³-hybridized carbons (Fsp3) is 0.414. The van der Waals surface area contributed by atoms with Gasteiger partial charge in [0.15, 0.2) is 0 Å². The summed E-state index contributed by atoms with van der Waals surface area (Å²) in [5, 5.41) is 9.01. The highest BCUT2D eigenvalue weighted by Gasteiger charge is 2.27. The maximum atomic E-state index is 12.9. The Morgan fingerprint density at radius 3 is 2.27 bits per heavy atom. The Morgan fingerprint density at radius 2 is 1.70 bits per heavy atom. The van der Waals surface area contributed by atoms with Crippen molar-refractivity contribution in [1.29, 1.82) is 0 Å². The SMILES string of the molecule is CC(C=Cc1ccccc1-c1cc(C(C)(C)C)cc(C(C)(C)C)c1OCCCF)=CC(=O)O. The molecule has 0 atom stereocenters. The van der Waals surface area contributed by atoms with Crippen molar-refractivity contribution in [2.24, 2.45) is 0 Å². The van der Waals surface area contributed by atoms with Gasteiger partial charge in [0, 0.05) is 23.6 Å². The topological polar surface area (TPSA) is 46.5 Å². The maximum absolute atomic E-state index is 12.9. The molecule has 3 nitrogen and oxygen atoms in total. The van der Waals surface area contributed by atoms with Gasteiger partial charge in [0.25, 0.3) is 0 Å². The van der Waals surface area contributed by atoms with E-state index >= 15 is 0 Å². The van der Waals surface area contributed by atoms with Gasteiger partial charge in [0.2, 0.25) is 0 Å². The lowest BCUT2D eigenvalue weighted by molar-refractivity contribution is -0.131. The Balaban J connectivity index is 2.79. The third-order valence-electron chi connectivity index (χ3n) is 5.42. The van der Waals surface area contributed by atoms with E-state index in [0.717, 1.165) is 28.0 Å². The molecule has 0 aromatic heterocycles. The quantitative estimate of drug-likeness (QED) is 0.253. The van der Waals surface area contributed by atoms with Gasteiger partial charge < -0.3 is 9.84 Å². The molecule has 1 N–H and O–H groups in total. The second kappa shape index (κ2) is 10.8. The molecule has 0 unspecified atom stereocenters. The molecular weight excluding hydrogens is 415 g/mol. The van der Waals surface area contributed by atoms with Crippen molar-refractivity contribution < 1.29 is 19.0 Å². The van der Waals surface area contributed by atoms with Gasteiger partial charge in [-0.2, -0.15) is 0 Å². The van der Waals surface area contributed by atoms with Crippen molar-refractivity contribution in [2.45, 2.75) is 65.7 Å². The smallest absolute Gasteiger partial charge is 0.328 e. The first kappa shape index (κ1) is 26.4. The summed E-state index contributed by atoms with van der Waals surface area (Å²) in [6, 6.07) is 12.4. The number of rotatable bonds is 8. The van der Waals surface area contributed by atoms with Crippen LogP contribution in [0.2, 0.25) is 0 Å². The molecule has 0 aliphatic rings. The minimum atomic E-state index is -0.971. The maximum Gasteiger partial charge on any atom is 0.328 e. The zero-order valence-corrected chi connectivity index (χ0v) is 21.0. The molecule has 2 rings (SSSR count). The van der Waals surface area contributed by atoms with E-state index in [1.807, 2.05) is 30.3 Å². The lowest BCUT2D eigenvalue weighted by Crippen LogP contribution is -2.19. The molecule has 0 saturated carbocycles. The van der Waals surface area contributed by atoms with Crippen LogP contribution in [0.15, 0.2) is 54.1 Å². The highest BCUT2D eigenvalue weighted by Crippen LogP contribution is 2.44. The van der Waals surface area contributed by atoms with Crippen molar-refractivity contribution >= 4 is 12.0 Å². The van der Waals surface area contributed by atoms with Crippen LogP contribution in [0.3, 0.4) is 0 Å². The molecule has 2 aromatic carbocycles. The Hall–Kier alpha value is -2.88. The van der Waals surface area contributed by atoms with Crippen molar-refractivity contribution in [3.8, 4) is 16.9 Å². The number of hydrogen-bond donors (Lipinski definition) is 1. The molecular formula is C29H37FO3. The summed E-state index contributed by atoms with van der Waals surface area (Å²) in [5.41, 5.74) is 5.60. The standard InChI is InChI=1S/C29H37FO3/c1-20(17-26(31)32)13-14-21-11-8-9-12-23(21)24-18-22(28(2,3)4)19-25(29(5,6)7)27(24)33-16-10-15-30/h8-9,11-14,17-19H,10,15-16H2,1-7H3,(H,31,32). The third-order valence-corrected chi connectivity index (χ3v) is 5.42. The van der Waals surface area contributed by atoms with Crippen LogP contribution in [-0.4, -0.2) is 24.4 Å². The zero-order valence-electron chi connectivity index (χ0n) is 21.0. The molecule has 0 amide bonds. The number of allylic oxidation sites excluding steroid dienone is 2. The van der Waals surface area contributed by atoms with Gasteiger partial charge in [-0.05, 0) is 46.1 Å². The predicted molar refractivity (Wildman–Crippen MR) is 136 cm³/mol. The molecule has 33 heavy (non-hydrogen) atoms. The fourth-order valence-corrected chi connectivity index (χ4v) is 3.56. The van der Waals surface area contributed by atoms with E-state index in [0.29, 0.717) is 18.6 Å². The molecule has 0 aliphatic carbocycles. The molecule has 0 aliphatic heterocycles. The molecule has 2 aromatic rings. The number of alkyl halides is 1. The van der Waals surface area contributed by atoms with Crippen LogP contribution in [0.5, 0.6) is 5.75 Å². The average molecular weight is 453 g/mol. The first-order chi connectivity index (χ1) is 15.3. The van der Waals surface area contributed by atoms with Crippen LogP contribution < -0.4 is 4.74 Å². The number of carboxylic acid groups (broad SMARTS) is 1. The van der Waals surface area contributed by atoms with Gasteiger partial charge in [-0.3, -0.25) is 4.39 Å². The molecule has 0 saturated heterocycles. The summed E-state index contributed by atoms with van der Waals surface area (Å²) < 4.78 is 19.1. The number of carboxylic acids is 1. The molecule has 0 fully saturated rings. The van der Waals surface area contributed by atoms with Gasteiger partial charge in [0.1, 0.15) is 5.75 Å². The van der Waals surface area contributed by atoms with Gasteiger partial charge in [-0.25, -0.2) is 4.79 Å². The van der Waals surface area contributed by atoms with E-state index in [1.54, 1.807) is 13.0 Å². The highest BCUT2D eigenvalue weighted by molar-refractivity contribution is 5.83. The molecule has 0 radical (unpaired) electrons. The number of aliphatic carboxylic acids is 1. The first-order valence-electron chi connectivity index (χ1n) is 11.4. The monoisotopic (exact) mass is 452 g/mol. The molecule has 4 heteroatoms. The molecule has 0 bridgehead atoms. The van der Waals surface area contributed by atoms with Crippen LogP contribution in [-0.2, 0) is 15.6 Å². The summed E-state index contributed by atoms with van der Waals surface area (Å²) in [5.74, 6) is -0.190. The summed E-state index contributed by atoms with van der Waals surface area (Å²) in [7, 11) is 0. The van der Waals surface area contributed by atoms with Crippen molar-refractivity contribution in [1.82, 2.24) is 0 Å². The second-order valence-electron chi connectivity index (χ2n) is 10.4. The number of halogens is 1. The van der Waals surface area contributed by atoms with Crippen LogP contribution in [0.25, 0.3) is 17.2 Å². The average Bonchev–Trinajstić information content (AvgIpc) is 2.70. The number of carbonyl (C=O) groups is 1. The van der Waals surface area contributed by atoms with E-state index < -0.39 is 12.6 Å². The van der Waals surface area contributed by atoms with Gasteiger partial charge in [-0.1, -0.05) is 84.0 Å². The number of ether oxygens (including phenoxy) is 1. The van der Waals surface area contributed by atoms with E-state index in [-0.39, 0.29) is 10.8 Å². The third kappa shape index (κ3) is 7.31. The minimum Gasteiger partial charge on any atom is -0.493 e. The summed E-state index contributed by atoms with van der Waals surface area (Å²) in [4.78, 5) is 11.0. The Bertz CT molecular complexity index is 1030. The van der Waals surface area contributed by atoms with Crippen LogP contribution in [0.1, 0.15) is 71.6 Å². The number of benzene rings is 2. The zero-order chi connectivity index (χ0) is 24.8. The lowest BCUT2D eigenvalue weighted by atomic mass is 9.77.